The summed E-state index contributed by atoms with van der Waals surface area (Å²) < 4.78 is 0. The summed E-state index contributed by atoms with van der Waals surface area (Å²) in [5.41, 5.74) is 3.33. The van der Waals surface area contributed by atoms with E-state index in [0.717, 1.165) is 27.4 Å². The highest BCUT2D eigenvalue weighted by Crippen LogP contribution is 2.28. The molecule has 28 heavy (non-hydrogen) atoms. The maximum atomic E-state index is 13.3. The molecule has 0 amide bonds. The Morgan fingerprint density at radius 1 is 0.893 bits per heavy atom. The fraction of sp³-hybridized carbons (Fsp3) is 0. The van der Waals surface area contributed by atoms with Crippen molar-refractivity contribution in [1.29, 1.82) is 0 Å². The largest absolute Gasteiger partial charge is 0.338 e. The summed E-state index contributed by atoms with van der Waals surface area (Å²) in [6.07, 6.45) is 1.95. The quantitative estimate of drug-likeness (QED) is 0.298. The molecule has 0 aliphatic heterocycles. The van der Waals surface area contributed by atoms with Gasteiger partial charge >= 0.3 is 0 Å². The van der Waals surface area contributed by atoms with Gasteiger partial charge < -0.3 is 4.98 Å². The summed E-state index contributed by atoms with van der Waals surface area (Å²) in [5.74, 6) is 0.564. The molecule has 0 fully saturated rings. The molecule has 1 N–H and O–H groups in total. The number of nitrogens with one attached hydrogen (secondary N) is 1. The number of carbonyl (C=O) groups excluding carboxylic acids is 1. The van der Waals surface area contributed by atoms with Gasteiger partial charge in [0, 0.05) is 0 Å². The monoisotopic (exact) mass is 380 g/mol. The predicted molar refractivity (Wildman–Crippen MR) is 117 cm³/mol. The zero-order valence-electron chi connectivity index (χ0n) is 14.9. The minimum absolute atomic E-state index is 0.0259. The third kappa shape index (κ3) is 2.94. The normalized spacial score (nSPS) is 11.9. The zero-order valence-corrected chi connectivity index (χ0v) is 15.7. The van der Waals surface area contributed by atoms with Crippen LogP contribution in [0, 0.1) is 0 Å². The topological polar surface area (TPSA) is 45.8 Å². The van der Waals surface area contributed by atoms with Crippen LogP contribution in [0.1, 0.15) is 21.1 Å². The molecule has 134 valence electrons. The Hall–Kier alpha value is -3.50. The number of nitrogens with zero attached hydrogens (tertiary/aromatic N) is 1. The number of hydrogen-bond donors (Lipinski definition) is 1. The highest BCUT2D eigenvalue weighted by atomic mass is 32.1. The van der Waals surface area contributed by atoms with Crippen LogP contribution in [-0.4, -0.2) is 15.8 Å². The summed E-state index contributed by atoms with van der Waals surface area (Å²) in [6, 6.07) is 25.9. The number of hydrogen-bond acceptors (Lipinski definition) is 3. The van der Waals surface area contributed by atoms with Gasteiger partial charge in [-0.15, -0.1) is 11.3 Å². The third-order valence-corrected chi connectivity index (χ3v) is 5.63. The van der Waals surface area contributed by atoms with E-state index in [1.165, 1.54) is 11.3 Å². The molecule has 3 nitrogen and oxygen atoms in total. The number of aromatic amines is 1. The van der Waals surface area contributed by atoms with E-state index in [-0.39, 0.29) is 5.78 Å². The lowest BCUT2D eigenvalue weighted by Crippen LogP contribution is -2.02. The van der Waals surface area contributed by atoms with Crippen molar-refractivity contribution in [2.24, 2.45) is 0 Å². The van der Waals surface area contributed by atoms with E-state index in [2.05, 4.69) is 28.2 Å². The minimum Gasteiger partial charge on any atom is -0.338 e. The van der Waals surface area contributed by atoms with Gasteiger partial charge in [-0.2, -0.15) is 0 Å². The van der Waals surface area contributed by atoms with Crippen molar-refractivity contribution < 1.29 is 4.79 Å². The Balaban J connectivity index is 1.73. The standard InChI is InChI=1S/C24H16N2OS/c27-23(22-13-6-14-28-22)19(24-25-20-11-3-4-12-21(20)26-24)15-17-9-5-8-16-7-1-2-10-18(16)17/h1-15H,(H,25,26). The number of fused-ring (bicyclic) bond motifs is 2. The number of carbonyl (C=O) groups is 1. The van der Waals surface area contributed by atoms with Crippen molar-refractivity contribution in [1.82, 2.24) is 9.97 Å². The van der Waals surface area contributed by atoms with Gasteiger partial charge in [0.1, 0.15) is 5.82 Å². The number of benzene rings is 3. The van der Waals surface area contributed by atoms with Crippen LogP contribution in [0.2, 0.25) is 0 Å². The Morgan fingerprint density at radius 2 is 1.71 bits per heavy atom. The molecule has 0 bridgehead atoms. The summed E-state index contributed by atoms with van der Waals surface area (Å²) in [6.45, 7) is 0. The van der Waals surface area contributed by atoms with Gasteiger partial charge in [-0.1, -0.05) is 60.7 Å². The highest BCUT2D eigenvalue weighted by molar-refractivity contribution is 7.12. The number of allylic oxidation sites excluding steroid dienone is 1. The average Bonchev–Trinajstić information content (AvgIpc) is 3.41. The number of Topliss-reactive ketones (excluding diaryl/α,β-unsaturated/α-hetero) is 1. The summed E-state index contributed by atoms with van der Waals surface area (Å²) in [7, 11) is 0. The van der Waals surface area contributed by atoms with E-state index in [9.17, 15) is 4.79 Å². The Kier molecular flexibility index (Phi) is 4.11. The number of thiophene rings is 1. The fourth-order valence-electron chi connectivity index (χ4n) is 3.39. The van der Waals surface area contributed by atoms with Gasteiger partial charge in [-0.25, -0.2) is 4.98 Å². The van der Waals surface area contributed by atoms with Gasteiger partial charge in [0.25, 0.3) is 0 Å². The number of imidazole rings is 1. The average molecular weight is 380 g/mol. The van der Waals surface area contributed by atoms with Crippen LogP contribution in [0.5, 0.6) is 0 Å². The number of H-pyrrole nitrogens is 1. The van der Waals surface area contributed by atoms with E-state index in [4.69, 9.17) is 0 Å². The molecule has 0 atom stereocenters. The first-order valence-electron chi connectivity index (χ1n) is 9.02. The SMILES string of the molecule is O=C(C(=Cc1cccc2ccccc12)c1nc2ccccc2[nH]1)c1cccs1. The van der Waals surface area contributed by atoms with Crippen molar-refractivity contribution in [3.8, 4) is 0 Å². The molecular formula is C24H16N2OS. The Labute approximate surface area is 166 Å². The summed E-state index contributed by atoms with van der Waals surface area (Å²) >= 11 is 1.44. The van der Waals surface area contributed by atoms with Crippen LogP contribution < -0.4 is 0 Å². The van der Waals surface area contributed by atoms with Crippen molar-refractivity contribution in [2.45, 2.75) is 0 Å². The first-order chi connectivity index (χ1) is 13.8. The maximum absolute atomic E-state index is 13.3. The lowest BCUT2D eigenvalue weighted by Gasteiger charge is -2.06. The molecule has 0 unspecified atom stereocenters. The van der Waals surface area contributed by atoms with Crippen molar-refractivity contribution >= 4 is 50.6 Å². The smallest absolute Gasteiger partial charge is 0.206 e. The zero-order chi connectivity index (χ0) is 18.9. The van der Waals surface area contributed by atoms with Crippen molar-refractivity contribution in [3.63, 3.8) is 0 Å². The molecule has 0 radical (unpaired) electrons. The molecule has 0 saturated carbocycles. The molecule has 3 aromatic carbocycles. The van der Waals surface area contributed by atoms with Gasteiger partial charge in [0.15, 0.2) is 0 Å². The molecule has 0 aliphatic carbocycles. The molecule has 0 aliphatic rings. The van der Waals surface area contributed by atoms with Gasteiger partial charge in [-0.05, 0) is 46.0 Å². The van der Waals surface area contributed by atoms with E-state index in [1.807, 2.05) is 72.1 Å². The van der Waals surface area contributed by atoms with Crippen LogP contribution >= 0.6 is 11.3 Å². The maximum Gasteiger partial charge on any atom is 0.206 e. The second-order valence-corrected chi connectivity index (χ2v) is 7.48. The summed E-state index contributed by atoms with van der Waals surface area (Å²) in [4.78, 5) is 22.0. The van der Waals surface area contributed by atoms with Crippen molar-refractivity contribution in [2.75, 3.05) is 0 Å². The summed E-state index contributed by atoms with van der Waals surface area (Å²) in [5, 5.41) is 4.17. The second kappa shape index (κ2) is 6.91. The third-order valence-electron chi connectivity index (χ3n) is 4.76. The lowest BCUT2D eigenvalue weighted by molar-refractivity contribution is 0.106. The van der Waals surface area contributed by atoms with Gasteiger partial charge in [0.2, 0.25) is 5.78 Å². The van der Waals surface area contributed by atoms with Crippen molar-refractivity contribution in [3.05, 3.63) is 101 Å². The van der Waals surface area contributed by atoms with E-state index in [1.54, 1.807) is 0 Å². The van der Waals surface area contributed by atoms with E-state index < -0.39 is 0 Å². The molecule has 5 rings (SSSR count). The number of aromatic nitrogens is 2. The molecular weight excluding hydrogens is 364 g/mol. The second-order valence-electron chi connectivity index (χ2n) is 6.54. The first kappa shape index (κ1) is 16.7. The van der Waals surface area contributed by atoms with Gasteiger partial charge in [-0.3, -0.25) is 4.79 Å². The van der Waals surface area contributed by atoms with E-state index in [0.29, 0.717) is 16.3 Å². The predicted octanol–water partition coefficient (Wildman–Crippen LogP) is 6.20. The molecule has 0 spiro atoms. The van der Waals surface area contributed by atoms with Crippen LogP contribution in [0.15, 0.2) is 84.2 Å². The van der Waals surface area contributed by atoms with Gasteiger partial charge in [0.05, 0.1) is 21.5 Å². The van der Waals surface area contributed by atoms with Crippen LogP contribution in [-0.2, 0) is 0 Å². The number of para-hydroxylation sites is 2. The number of rotatable bonds is 4. The lowest BCUT2D eigenvalue weighted by atomic mass is 10.00. The van der Waals surface area contributed by atoms with Crippen LogP contribution in [0.25, 0.3) is 33.5 Å². The molecule has 0 saturated heterocycles. The van der Waals surface area contributed by atoms with Crippen LogP contribution in [0.4, 0.5) is 0 Å². The first-order valence-corrected chi connectivity index (χ1v) is 9.90. The van der Waals surface area contributed by atoms with Crippen LogP contribution in [0.3, 0.4) is 0 Å². The highest BCUT2D eigenvalue weighted by Gasteiger charge is 2.19. The Morgan fingerprint density at radius 3 is 2.57 bits per heavy atom. The Bertz CT molecular complexity index is 1290. The molecule has 2 heterocycles. The molecule has 2 aromatic heterocycles. The minimum atomic E-state index is -0.0259. The number of ketones is 1. The molecule has 5 aromatic rings. The molecule has 4 heteroatoms. The van der Waals surface area contributed by atoms with E-state index >= 15 is 0 Å². The fourth-order valence-corrected chi connectivity index (χ4v) is 4.07.